The van der Waals surface area contributed by atoms with Gasteiger partial charge in [-0.15, -0.1) is 0 Å². The third-order valence-corrected chi connectivity index (χ3v) is 3.49. The molecule has 0 bridgehead atoms. The van der Waals surface area contributed by atoms with Crippen LogP contribution in [0.4, 0.5) is 11.6 Å². The molecular formula is C13H23N5. The van der Waals surface area contributed by atoms with Crippen molar-refractivity contribution in [3.63, 3.8) is 0 Å². The number of anilines is 2. The highest BCUT2D eigenvalue weighted by atomic mass is 15.2. The molecule has 0 aromatic carbocycles. The Hall–Kier alpha value is -1.36. The smallest absolute Gasteiger partial charge is 0.137 e. The Balaban J connectivity index is 2.29. The van der Waals surface area contributed by atoms with E-state index < -0.39 is 0 Å². The van der Waals surface area contributed by atoms with Gasteiger partial charge in [-0.25, -0.2) is 9.97 Å². The molecule has 5 heteroatoms. The fraction of sp³-hybridized carbons (Fsp3) is 0.692. The number of aromatic nitrogens is 2. The molecule has 0 saturated carbocycles. The van der Waals surface area contributed by atoms with Gasteiger partial charge in [-0.3, -0.25) is 0 Å². The van der Waals surface area contributed by atoms with Crippen molar-refractivity contribution in [2.45, 2.75) is 20.3 Å². The lowest BCUT2D eigenvalue weighted by molar-refractivity contribution is 0.360. The maximum absolute atomic E-state index is 4.63. The van der Waals surface area contributed by atoms with Gasteiger partial charge in [-0.2, -0.15) is 0 Å². The molecule has 1 saturated heterocycles. The molecule has 0 atom stereocenters. The van der Waals surface area contributed by atoms with Gasteiger partial charge in [0.05, 0.1) is 0 Å². The summed E-state index contributed by atoms with van der Waals surface area (Å²) in [6, 6.07) is 0. The van der Waals surface area contributed by atoms with Gasteiger partial charge < -0.3 is 15.1 Å². The van der Waals surface area contributed by atoms with E-state index >= 15 is 0 Å². The van der Waals surface area contributed by atoms with Crippen molar-refractivity contribution < 1.29 is 0 Å². The maximum Gasteiger partial charge on any atom is 0.137 e. The SMILES string of the molecule is CNc1nc(C)nc(N2CCCN(C)CC2)c1C. The van der Waals surface area contributed by atoms with Gasteiger partial charge in [0.15, 0.2) is 0 Å². The lowest BCUT2D eigenvalue weighted by atomic mass is 10.2. The summed E-state index contributed by atoms with van der Waals surface area (Å²) in [5.41, 5.74) is 1.15. The van der Waals surface area contributed by atoms with E-state index in [0.717, 1.165) is 42.7 Å². The van der Waals surface area contributed by atoms with Gasteiger partial charge in [-0.05, 0) is 33.9 Å². The van der Waals surface area contributed by atoms with Crippen LogP contribution in [0.3, 0.4) is 0 Å². The summed E-state index contributed by atoms with van der Waals surface area (Å²) in [5.74, 6) is 2.86. The zero-order valence-electron chi connectivity index (χ0n) is 11.8. The minimum atomic E-state index is 0.831. The predicted octanol–water partition coefficient (Wildman–Crippen LogP) is 1.28. The molecule has 0 aliphatic carbocycles. The van der Waals surface area contributed by atoms with E-state index in [1.165, 1.54) is 13.0 Å². The van der Waals surface area contributed by atoms with Crippen molar-refractivity contribution in [2.24, 2.45) is 0 Å². The summed E-state index contributed by atoms with van der Waals surface area (Å²) >= 11 is 0. The van der Waals surface area contributed by atoms with Gasteiger partial charge in [0.2, 0.25) is 0 Å². The summed E-state index contributed by atoms with van der Waals surface area (Å²) in [6.45, 7) is 8.42. The van der Waals surface area contributed by atoms with Crippen LogP contribution >= 0.6 is 0 Å². The molecule has 1 aliphatic heterocycles. The van der Waals surface area contributed by atoms with Gasteiger partial charge in [0.25, 0.3) is 0 Å². The van der Waals surface area contributed by atoms with E-state index in [9.17, 15) is 0 Å². The molecule has 0 spiro atoms. The third-order valence-electron chi connectivity index (χ3n) is 3.49. The summed E-state index contributed by atoms with van der Waals surface area (Å²) in [7, 11) is 4.09. The van der Waals surface area contributed by atoms with E-state index in [0.29, 0.717) is 0 Å². The van der Waals surface area contributed by atoms with E-state index in [1.807, 2.05) is 14.0 Å². The summed E-state index contributed by atoms with van der Waals surface area (Å²) in [4.78, 5) is 13.8. The summed E-state index contributed by atoms with van der Waals surface area (Å²) in [6.07, 6.45) is 1.19. The Morgan fingerprint density at radius 1 is 1.06 bits per heavy atom. The molecule has 1 fully saturated rings. The number of aryl methyl sites for hydroxylation is 1. The highest BCUT2D eigenvalue weighted by molar-refractivity contribution is 5.58. The number of likely N-dealkylation sites (N-methyl/N-ethyl adjacent to an activating group) is 1. The van der Waals surface area contributed by atoms with Crippen LogP contribution < -0.4 is 10.2 Å². The van der Waals surface area contributed by atoms with Crippen LogP contribution in [0, 0.1) is 13.8 Å². The van der Waals surface area contributed by atoms with Gasteiger partial charge in [0, 0.05) is 32.2 Å². The Labute approximate surface area is 109 Å². The lowest BCUT2D eigenvalue weighted by Crippen LogP contribution is -2.30. The maximum atomic E-state index is 4.63. The van der Waals surface area contributed by atoms with Crippen LogP contribution in [0.15, 0.2) is 0 Å². The van der Waals surface area contributed by atoms with Crippen molar-refractivity contribution in [3.05, 3.63) is 11.4 Å². The predicted molar refractivity (Wildman–Crippen MR) is 75.4 cm³/mol. The first kappa shape index (κ1) is 13.1. The Morgan fingerprint density at radius 2 is 1.83 bits per heavy atom. The Kier molecular flexibility index (Phi) is 4.01. The van der Waals surface area contributed by atoms with Crippen LogP contribution in [0.1, 0.15) is 17.8 Å². The molecular weight excluding hydrogens is 226 g/mol. The number of hydrogen-bond donors (Lipinski definition) is 1. The van der Waals surface area contributed by atoms with Gasteiger partial charge >= 0.3 is 0 Å². The number of nitrogens with one attached hydrogen (secondary N) is 1. The molecule has 1 aromatic rings. The number of rotatable bonds is 2. The molecule has 0 unspecified atom stereocenters. The van der Waals surface area contributed by atoms with Crippen molar-refractivity contribution in [1.82, 2.24) is 14.9 Å². The highest BCUT2D eigenvalue weighted by Crippen LogP contribution is 2.24. The van der Waals surface area contributed by atoms with E-state index in [4.69, 9.17) is 0 Å². The van der Waals surface area contributed by atoms with Crippen molar-refractivity contribution in [1.29, 1.82) is 0 Å². The summed E-state index contributed by atoms with van der Waals surface area (Å²) in [5, 5.41) is 3.15. The second kappa shape index (κ2) is 5.52. The minimum absolute atomic E-state index is 0.831. The third kappa shape index (κ3) is 2.72. The fourth-order valence-corrected chi connectivity index (χ4v) is 2.42. The molecule has 18 heavy (non-hydrogen) atoms. The summed E-state index contributed by atoms with van der Waals surface area (Å²) < 4.78 is 0. The van der Waals surface area contributed by atoms with Crippen LogP contribution in [-0.2, 0) is 0 Å². The zero-order valence-corrected chi connectivity index (χ0v) is 11.8. The van der Waals surface area contributed by atoms with E-state index in [2.05, 4.69) is 39.1 Å². The monoisotopic (exact) mass is 249 g/mol. The van der Waals surface area contributed by atoms with E-state index in [1.54, 1.807) is 0 Å². The molecule has 5 nitrogen and oxygen atoms in total. The lowest BCUT2D eigenvalue weighted by Gasteiger charge is -2.24. The molecule has 100 valence electrons. The second-order valence-electron chi connectivity index (χ2n) is 4.96. The van der Waals surface area contributed by atoms with Crippen molar-refractivity contribution in [2.75, 3.05) is 50.5 Å². The van der Waals surface area contributed by atoms with Crippen molar-refractivity contribution >= 4 is 11.6 Å². The van der Waals surface area contributed by atoms with Crippen LogP contribution in [0.5, 0.6) is 0 Å². The average molecular weight is 249 g/mol. The largest absolute Gasteiger partial charge is 0.373 e. The molecule has 2 heterocycles. The quantitative estimate of drug-likeness (QED) is 0.855. The first-order valence-electron chi connectivity index (χ1n) is 6.58. The minimum Gasteiger partial charge on any atom is -0.373 e. The first-order chi connectivity index (χ1) is 8.61. The molecule has 1 N–H and O–H groups in total. The Morgan fingerprint density at radius 3 is 2.56 bits per heavy atom. The van der Waals surface area contributed by atoms with Gasteiger partial charge in [0.1, 0.15) is 17.5 Å². The van der Waals surface area contributed by atoms with Gasteiger partial charge in [-0.1, -0.05) is 0 Å². The number of hydrogen-bond acceptors (Lipinski definition) is 5. The topological polar surface area (TPSA) is 44.3 Å². The normalized spacial score (nSPS) is 17.7. The van der Waals surface area contributed by atoms with Crippen LogP contribution in [0.2, 0.25) is 0 Å². The fourth-order valence-electron chi connectivity index (χ4n) is 2.42. The highest BCUT2D eigenvalue weighted by Gasteiger charge is 2.17. The molecule has 0 radical (unpaired) electrons. The Bertz CT molecular complexity index is 418. The van der Waals surface area contributed by atoms with Crippen molar-refractivity contribution in [3.8, 4) is 0 Å². The molecule has 0 amide bonds. The standard InChI is InChI=1S/C13H23N5/c1-10-12(14-3)15-11(2)16-13(10)18-7-5-6-17(4)8-9-18/h5-9H2,1-4H3,(H,14,15,16). The first-order valence-corrected chi connectivity index (χ1v) is 6.58. The molecule has 2 rings (SSSR count). The zero-order chi connectivity index (χ0) is 13.1. The second-order valence-corrected chi connectivity index (χ2v) is 4.96. The van der Waals surface area contributed by atoms with Crippen LogP contribution in [-0.4, -0.2) is 55.1 Å². The molecule has 1 aliphatic rings. The van der Waals surface area contributed by atoms with E-state index in [-0.39, 0.29) is 0 Å². The number of nitrogens with zero attached hydrogens (tertiary/aromatic N) is 4. The molecule has 1 aromatic heterocycles. The van der Waals surface area contributed by atoms with Crippen LogP contribution in [0.25, 0.3) is 0 Å². The average Bonchev–Trinajstić information content (AvgIpc) is 2.56.